The number of rotatable bonds is 5. The van der Waals surface area contributed by atoms with Gasteiger partial charge in [0.1, 0.15) is 13.3 Å². The highest BCUT2D eigenvalue weighted by Gasteiger charge is 2.57. The van der Waals surface area contributed by atoms with Gasteiger partial charge in [0, 0.05) is 34.0 Å². The molecule has 2 aliphatic heterocycles. The number of pyridine rings is 1. The van der Waals surface area contributed by atoms with Gasteiger partial charge in [-0.1, -0.05) is 54.6 Å². The van der Waals surface area contributed by atoms with Crippen molar-refractivity contribution in [2.24, 2.45) is 5.92 Å². The first-order valence-electron chi connectivity index (χ1n) is 14.6. The lowest BCUT2D eigenvalue weighted by atomic mass is 9.75. The normalized spacial score (nSPS) is 23.6. The van der Waals surface area contributed by atoms with Gasteiger partial charge in [-0.05, 0) is 60.4 Å². The molecule has 0 spiro atoms. The van der Waals surface area contributed by atoms with Crippen LogP contribution < -0.4 is 15.2 Å². The van der Waals surface area contributed by atoms with E-state index in [4.69, 9.17) is 4.74 Å². The average Bonchev–Trinajstić information content (AvgIpc) is 3.58. The first kappa shape index (κ1) is 26.5. The molecule has 9 heteroatoms. The highest BCUT2D eigenvalue weighted by Crippen LogP contribution is 2.56. The average molecular weight is 598 g/mol. The summed E-state index contributed by atoms with van der Waals surface area (Å²) in [4.78, 5) is 30.7. The van der Waals surface area contributed by atoms with Gasteiger partial charge in [-0.15, -0.1) is 11.8 Å². The number of halogens is 2. The molecule has 3 aliphatic carbocycles. The number of ether oxygens (including phenoxy) is 1. The Kier molecular flexibility index (Phi) is 6.15. The molecule has 3 fully saturated rings. The molecule has 43 heavy (non-hydrogen) atoms. The molecule has 1 atom stereocenters. The lowest BCUT2D eigenvalue weighted by Gasteiger charge is -2.53. The second kappa shape index (κ2) is 9.98. The third kappa shape index (κ3) is 4.12. The van der Waals surface area contributed by atoms with Crippen LogP contribution in [0, 0.1) is 17.6 Å². The Hall–Kier alpha value is -4.11. The van der Waals surface area contributed by atoms with Crippen LogP contribution >= 0.6 is 11.8 Å². The van der Waals surface area contributed by atoms with Crippen LogP contribution in [0.4, 0.5) is 8.78 Å². The Morgan fingerprint density at radius 3 is 2.51 bits per heavy atom. The van der Waals surface area contributed by atoms with Gasteiger partial charge >= 0.3 is 0 Å². The maximum Gasteiger partial charge on any atom is 0.278 e. The number of aromatic nitrogens is 1. The molecule has 2 bridgehead atoms. The van der Waals surface area contributed by atoms with E-state index < -0.39 is 17.7 Å². The summed E-state index contributed by atoms with van der Waals surface area (Å²) in [6, 6.07) is 21.1. The standard InChI is InChI=1S/C34H29F2N3O3S/c35-26-11-10-23-25(29(26)36)19-43-28-9-5-4-8-24(28)30(23)39-20-37(34-14-12-22(16-34)17-34)33(41)31-32(27(40)13-15-38(31)39)42-18-21-6-2-1-3-7-21/h1-11,13,15,22,30H,12,14,16-20H2/t22?,30-,34?/m0/s1. The summed E-state index contributed by atoms with van der Waals surface area (Å²) < 4.78 is 37.9. The molecular weight excluding hydrogens is 568 g/mol. The van der Waals surface area contributed by atoms with E-state index in [1.54, 1.807) is 16.9 Å². The van der Waals surface area contributed by atoms with Crippen LogP contribution in [0.25, 0.3) is 0 Å². The minimum atomic E-state index is -0.884. The van der Waals surface area contributed by atoms with Crippen LogP contribution in [0.3, 0.4) is 0 Å². The molecule has 3 heterocycles. The van der Waals surface area contributed by atoms with Crippen molar-refractivity contribution in [1.82, 2.24) is 9.58 Å². The third-order valence-corrected chi connectivity index (χ3v) is 10.7. The molecule has 218 valence electrons. The number of carbonyl (C=O) groups excluding carboxylic acids is 1. The molecule has 0 radical (unpaired) electrons. The van der Waals surface area contributed by atoms with E-state index in [1.165, 1.54) is 23.9 Å². The zero-order valence-corrected chi connectivity index (χ0v) is 24.2. The van der Waals surface area contributed by atoms with Crippen LogP contribution in [0.2, 0.25) is 0 Å². The minimum absolute atomic E-state index is 0.00174. The molecule has 0 unspecified atom stereocenters. The van der Waals surface area contributed by atoms with E-state index in [9.17, 15) is 14.0 Å². The Labute approximate surface area is 251 Å². The number of hydrogen-bond donors (Lipinski definition) is 0. The van der Waals surface area contributed by atoms with Gasteiger partial charge in [-0.3, -0.25) is 19.3 Å². The van der Waals surface area contributed by atoms with E-state index in [1.807, 2.05) is 64.5 Å². The Morgan fingerprint density at radius 1 is 0.930 bits per heavy atom. The second-order valence-corrected chi connectivity index (χ2v) is 13.0. The van der Waals surface area contributed by atoms with Crippen LogP contribution in [-0.4, -0.2) is 27.7 Å². The number of hydrogen-bond acceptors (Lipinski definition) is 5. The van der Waals surface area contributed by atoms with Gasteiger partial charge in [0.05, 0.1) is 6.04 Å². The summed E-state index contributed by atoms with van der Waals surface area (Å²) in [7, 11) is 0. The molecule has 3 aromatic carbocycles. The van der Waals surface area contributed by atoms with Crippen LogP contribution in [-0.2, 0) is 12.4 Å². The quantitative estimate of drug-likeness (QED) is 0.267. The van der Waals surface area contributed by atoms with Crippen molar-refractivity contribution >= 4 is 17.7 Å². The smallest absolute Gasteiger partial charge is 0.278 e. The minimum Gasteiger partial charge on any atom is -0.482 e. The van der Waals surface area contributed by atoms with Crippen molar-refractivity contribution in [2.75, 3.05) is 11.7 Å². The van der Waals surface area contributed by atoms with Crippen molar-refractivity contribution in [3.8, 4) is 5.75 Å². The van der Waals surface area contributed by atoms with Crippen molar-refractivity contribution in [1.29, 1.82) is 0 Å². The number of amides is 1. The topological polar surface area (TPSA) is 54.8 Å². The van der Waals surface area contributed by atoms with Crippen LogP contribution in [0.15, 0.2) is 88.7 Å². The third-order valence-electron chi connectivity index (χ3n) is 9.61. The molecule has 4 aromatic rings. The van der Waals surface area contributed by atoms with E-state index in [0.717, 1.165) is 41.7 Å². The van der Waals surface area contributed by atoms with Gasteiger partial charge in [0.25, 0.3) is 5.91 Å². The number of fused-ring (bicyclic) bond motifs is 4. The number of thioether (sulfide) groups is 1. The van der Waals surface area contributed by atoms with Crippen LogP contribution in [0.5, 0.6) is 5.75 Å². The fourth-order valence-corrected chi connectivity index (χ4v) is 8.62. The lowest BCUT2D eigenvalue weighted by molar-refractivity contribution is 0.0101. The molecular formula is C34H29F2N3O3S. The van der Waals surface area contributed by atoms with Gasteiger partial charge < -0.3 is 9.64 Å². The first-order valence-corrected chi connectivity index (χ1v) is 15.6. The van der Waals surface area contributed by atoms with Crippen molar-refractivity contribution in [3.63, 3.8) is 0 Å². The van der Waals surface area contributed by atoms with Crippen LogP contribution in [0.1, 0.15) is 64.5 Å². The monoisotopic (exact) mass is 597 g/mol. The Bertz CT molecular complexity index is 1820. The zero-order valence-electron chi connectivity index (χ0n) is 23.3. The number of carbonyl (C=O) groups is 1. The molecule has 1 aromatic heterocycles. The SMILES string of the molecule is O=C1c2c(OCc3ccccc3)c(=O)ccn2N([C@@H]2c3ccccc3SCc3c2ccc(F)c3F)CN1C12CCC(C1)C2. The van der Waals surface area contributed by atoms with E-state index in [2.05, 4.69) is 0 Å². The summed E-state index contributed by atoms with van der Waals surface area (Å²) in [5, 5.41) is 2.02. The maximum absolute atomic E-state index is 15.4. The molecule has 3 saturated carbocycles. The number of benzene rings is 3. The van der Waals surface area contributed by atoms with Gasteiger partial charge in [-0.2, -0.15) is 0 Å². The van der Waals surface area contributed by atoms with E-state index >= 15 is 4.39 Å². The zero-order chi connectivity index (χ0) is 29.3. The Balaban J connectivity index is 1.33. The summed E-state index contributed by atoms with van der Waals surface area (Å²) in [6.45, 7) is 0.367. The van der Waals surface area contributed by atoms with Gasteiger partial charge in [0.15, 0.2) is 23.1 Å². The van der Waals surface area contributed by atoms with Crippen molar-refractivity contribution in [2.45, 2.75) is 54.5 Å². The predicted octanol–water partition coefficient (Wildman–Crippen LogP) is 6.39. The molecule has 0 N–H and O–H groups in total. The molecule has 5 aliphatic rings. The maximum atomic E-state index is 15.4. The van der Waals surface area contributed by atoms with E-state index in [0.29, 0.717) is 17.0 Å². The Morgan fingerprint density at radius 2 is 1.72 bits per heavy atom. The number of nitrogens with zero attached hydrogens (tertiary/aromatic N) is 3. The highest BCUT2D eigenvalue weighted by molar-refractivity contribution is 7.98. The summed E-state index contributed by atoms with van der Waals surface area (Å²) in [5.41, 5.74) is 2.25. The first-order chi connectivity index (χ1) is 20.9. The molecule has 0 saturated heterocycles. The second-order valence-electron chi connectivity index (χ2n) is 12.0. The van der Waals surface area contributed by atoms with E-state index in [-0.39, 0.29) is 47.3 Å². The highest BCUT2D eigenvalue weighted by atomic mass is 32.2. The predicted molar refractivity (Wildman–Crippen MR) is 160 cm³/mol. The summed E-state index contributed by atoms with van der Waals surface area (Å²) in [6.07, 6.45) is 5.44. The van der Waals surface area contributed by atoms with Crippen molar-refractivity contribution < 1.29 is 18.3 Å². The van der Waals surface area contributed by atoms with Gasteiger partial charge in [-0.25, -0.2) is 8.78 Å². The van der Waals surface area contributed by atoms with Crippen molar-refractivity contribution in [3.05, 3.63) is 129 Å². The van der Waals surface area contributed by atoms with Gasteiger partial charge in [0.2, 0.25) is 5.43 Å². The largest absolute Gasteiger partial charge is 0.482 e. The fourth-order valence-electron chi connectivity index (χ4n) is 7.50. The summed E-state index contributed by atoms with van der Waals surface area (Å²) >= 11 is 1.47. The summed E-state index contributed by atoms with van der Waals surface area (Å²) in [5.74, 6) is -1.10. The molecule has 1 amide bonds. The molecule has 6 nitrogen and oxygen atoms in total. The lowest BCUT2D eigenvalue weighted by Crippen LogP contribution is -2.64. The fraction of sp³-hybridized carbons (Fsp3) is 0.294. The molecule has 9 rings (SSSR count).